The second-order valence-electron chi connectivity index (χ2n) is 2.66. The summed E-state index contributed by atoms with van der Waals surface area (Å²) in [7, 11) is 0. The zero-order chi connectivity index (χ0) is 8.55. The molecule has 0 aromatic carbocycles. The third-order valence-corrected chi connectivity index (χ3v) is 2.36. The Balaban J connectivity index is 2.79. The van der Waals surface area contributed by atoms with Crippen molar-refractivity contribution >= 4 is 10.1 Å². The maximum atomic E-state index is 5.68. The van der Waals surface area contributed by atoms with Crippen LogP contribution in [-0.4, -0.2) is 0 Å². The van der Waals surface area contributed by atoms with Gasteiger partial charge in [0.05, 0.1) is 0 Å². The van der Waals surface area contributed by atoms with Gasteiger partial charge in [0.1, 0.15) is 0 Å². The molecule has 0 aromatic rings. The summed E-state index contributed by atoms with van der Waals surface area (Å²) in [5.74, 6) is 0. The van der Waals surface area contributed by atoms with Gasteiger partial charge in [0.2, 0.25) is 0 Å². The standard InChI is InChI=1S/C10H8N.Cu/c11-10-6-8-4-2-1-3-5-9(8)7-10;/h1-6H,11H2;. The maximum absolute atomic E-state index is 5.68. The van der Waals surface area contributed by atoms with Crippen LogP contribution in [0.2, 0.25) is 0 Å². The predicted octanol–water partition coefficient (Wildman–Crippen LogP) is 1.55. The number of rotatable bonds is 0. The summed E-state index contributed by atoms with van der Waals surface area (Å²) < 4.78 is 0.744. The summed E-state index contributed by atoms with van der Waals surface area (Å²) in [6.45, 7) is 0. The Morgan fingerprint density at radius 2 is 1.83 bits per heavy atom. The van der Waals surface area contributed by atoms with Crippen molar-refractivity contribution in [2.45, 2.75) is 0 Å². The molecule has 0 aromatic heterocycles. The minimum absolute atomic E-state index is 0.691. The molecule has 0 bridgehead atoms. The molecule has 0 radical (unpaired) electrons. The predicted molar refractivity (Wildman–Crippen MR) is 47.1 cm³/mol. The van der Waals surface area contributed by atoms with Gasteiger partial charge in [-0.1, -0.05) is 0 Å². The van der Waals surface area contributed by atoms with Crippen LogP contribution in [0.15, 0.2) is 36.4 Å². The number of hydrogen-bond acceptors (Lipinski definition) is 1. The number of nitrogens with two attached hydrogens (primary N) is 1. The van der Waals surface area contributed by atoms with Crippen LogP contribution in [-0.2, 0) is 16.0 Å². The van der Waals surface area contributed by atoms with E-state index < -0.39 is 0 Å². The van der Waals surface area contributed by atoms with Gasteiger partial charge in [0.25, 0.3) is 0 Å². The van der Waals surface area contributed by atoms with Crippen molar-refractivity contribution in [2.75, 3.05) is 5.73 Å². The van der Waals surface area contributed by atoms with Crippen LogP contribution in [0.1, 0.15) is 0 Å². The van der Waals surface area contributed by atoms with Crippen molar-refractivity contribution < 1.29 is 16.0 Å². The molecule has 0 aliphatic heterocycles. The van der Waals surface area contributed by atoms with Crippen LogP contribution in [0.25, 0.3) is 11.1 Å². The third-order valence-electron chi connectivity index (χ3n) is 1.83. The molecule has 2 aliphatic rings. The van der Waals surface area contributed by atoms with E-state index in [0.717, 1.165) is 15.6 Å². The third kappa shape index (κ3) is 1.09. The fraction of sp³-hybridized carbons (Fsp3) is 0. The minimum atomic E-state index is 0.691. The van der Waals surface area contributed by atoms with E-state index in [-0.39, 0.29) is 0 Å². The molecule has 0 saturated carbocycles. The van der Waals surface area contributed by atoms with Gasteiger partial charge in [-0.2, -0.15) is 0 Å². The van der Waals surface area contributed by atoms with E-state index in [9.17, 15) is 0 Å². The first-order valence-corrected chi connectivity index (χ1v) is 4.15. The van der Waals surface area contributed by atoms with Crippen molar-refractivity contribution in [1.82, 2.24) is 0 Å². The number of fused-ring (bicyclic) bond motifs is 1. The second kappa shape index (κ2) is 2.81. The van der Waals surface area contributed by atoms with Crippen LogP contribution in [0.5, 0.6) is 0 Å². The molecule has 0 amide bonds. The van der Waals surface area contributed by atoms with E-state index in [0.29, 0.717) is 5.69 Å². The molecule has 0 atom stereocenters. The molecule has 2 heteroatoms. The van der Waals surface area contributed by atoms with Crippen molar-refractivity contribution in [2.24, 2.45) is 0 Å². The molecule has 2 N–H and O–H groups in total. The Bertz CT molecular complexity index is 384. The summed E-state index contributed by atoms with van der Waals surface area (Å²) in [5.41, 5.74) is 8.54. The van der Waals surface area contributed by atoms with E-state index in [2.05, 4.69) is 0 Å². The summed E-state index contributed by atoms with van der Waals surface area (Å²) in [5, 5.41) is 0. The Morgan fingerprint density at radius 1 is 1.08 bits per heavy atom. The summed E-state index contributed by atoms with van der Waals surface area (Å²) in [4.78, 5) is 0. The molecular formula is C10H8CuN. The van der Waals surface area contributed by atoms with Crippen LogP contribution in [0, 0.1) is 0 Å². The van der Waals surface area contributed by atoms with Crippen molar-refractivity contribution in [1.29, 1.82) is 0 Å². The molecule has 12 heavy (non-hydrogen) atoms. The first kappa shape index (κ1) is 7.66. The normalized spacial score (nSPS) is 10.5. The fourth-order valence-electron chi connectivity index (χ4n) is 1.25. The molecule has 0 fully saturated rings. The zero-order valence-corrected chi connectivity index (χ0v) is 7.28. The van der Waals surface area contributed by atoms with Crippen molar-refractivity contribution in [3.63, 3.8) is 0 Å². The fourth-order valence-corrected chi connectivity index (χ4v) is 1.53. The first-order chi connectivity index (χ1) is 5.79. The van der Waals surface area contributed by atoms with E-state index in [1.807, 2.05) is 36.4 Å². The molecular weight excluding hydrogens is 198 g/mol. The summed E-state index contributed by atoms with van der Waals surface area (Å²) >= 11 is 5.30. The molecule has 1 nitrogen and oxygen atoms in total. The number of anilines is 1. The monoisotopic (exact) mass is 205 g/mol. The zero-order valence-electron chi connectivity index (χ0n) is 6.34. The van der Waals surface area contributed by atoms with E-state index in [1.54, 1.807) is 0 Å². The Labute approximate surface area is 79.7 Å². The topological polar surface area (TPSA) is 26.0 Å². The number of hydrogen-bond donors (Lipinski definition) is 1. The van der Waals surface area contributed by atoms with Gasteiger partial charge in [-0.25, -0.2) is 0 Å². The van der Waals surface area contributed by atoms with Gasteiger partial charge in [0.15, 0.2) is 0 Å². The van der Waals surface area contributed by atoms with Crippen molar-refractivity contribution in [3.8, 4) is 11.1 Å². The van der Waals surface area contributed by atoms with Gasteiger partial charge in [-0.05, 0) is 0 Å². The van der Waals surface area contributed by atoms with Crippen LogP contribution < -0.4 is 10.2 Å². The molecule has 0 spiro atoms. The molecule has 2 rings (SSSR count). The van der Waals surface area contributed by atoms with Gasteiger partial charge < -0.3 is 0 Å². The summed E-state index contributed by atoms with van der Waals surface area (Å²) in [6, 6.07) is 11.8. The number of nitrogen functional groups attached to an aromatic ring is 1. The van der Waals surface area contributed by atoms with Gasteiger partial charge in [-0.3, -0.25) is 0 Å². The first-order valence-electron chi connectivity index (χ1n) is 3.68. The van der Waals surface area contributed by atoms with Crippen LogP contribution in [0.3, 0.4) is 0 Å². The van der Waals surface area contributed by atoms with Gasteiger partial charge in [0, 0.05) is 0 Å². The van der Waals surface area contributed by atoms with E-state index in [4.69, 9.17) is 21.7 Å². The van der Waals surface area contributed by atoms with Crippen molar-refractivity contribution in [3.05, 3.63) is 36.4 Å². The SMILES string of the molecule is Nc1cc2cccccc-2[c]1[Cu]. The average molecular weight is 206 g/mol. The molecule has 64 valence electrons. The van der Waals surface area contributed by atoms with Crippen LogP contribution in [0.4, 0.5) is 5.69 Å². The van der Waals surface area contributed by atoms with Crippen LogP contribution >= 0.6 is 0 Å². The van der Waals surface area contributed by atoms with Gasteiger partial charge in [-0.15, -0.1) is 0 Å². The molecule has 2 aliphatic carbocycles. The van der Waals surface area contributed by atoms with E-state index >= 15 is 0 Å². The average Bonchev–Trinajstić information content (AvgIpc) is 2.30. The molecule has 0 unspecified atom stereocenters. The van der Waals surface area contributed by atoms with E-state index in [1.165, 1.54) is 0 Å². The van der Waals surface area contributed by atoms with Gasteiger partial charge >= 0.3 is 79.4 Å². The summed E-state index contributed by atoms with van der Waals surface area (Å²) in [6.07, 6.45) is 0. The molecule has 0 saturated heterocycles. The second-order valence-corrected chi connectivity index (χ2v) is 3.13. The molecule has 0 heterocycles. The quantitative estimate of drug-likeness (QED) is 0.649. The Hall–Kier alpha value is -0.981. The Morgan fingerprint density at radius 3 is 2.67 bits per heavy atom. The Kier molecular flexibility index (Phi) is 1.80.